The van der Waals surface area contributed by atoms with Crippen molar-refractivity contribution in [2.45, 2.75) is 6.42 Å². The van der Waals surface area contributed by atoms with Crippen LogP contribution in [0.2, 0.25) is 0 Å². The Morgan fingerprint density at radius 3 is 2.56 bits per heavy atom. The van der Waals surface area contributed by atoms with Crippen LogP contribution in [0.5, 0.6) is 0 Å². The van der Waals surface area contributed by atoms with Crippen molar-refractivity contribution >= 4 is 17.3 Å². The Kier molecular flexibility index (Phi) is 6.65. The highest BCUT2D eigenvalue weighted by Crippen LogP contribution is 2.17. The second-order valence-electron chi connectivity index (χ2n) is 7.16. The fourth-order valence-electron chi connectivity index (χ4n) is 3.27. The van der Waals surface area contributed by atoms with Gasteiger partial charge in [0.15, 0.2) is 0 Å². The fraction of sp³-hybridized carbons (Fsp3) is 0.429. The number of carbonyl (C=O) groups is 1. The average molecular weight is 367 g/mol. The number of pyridine rings is 1. The lowest BCUT2D eigenvalue weighted by molar-refractivity contribution is 0.0746. The van der Waals surface area contributed by atoms with Gasteiger partial charge in [0, 0.05) is 50.8 Å². The van der Waals surface area contributed by atoms with Gasteiger partial charge < -0.3 is 20.0 Å². The van der Waals surface area contributed by atoms with Crippen LogP contribution < -0.4 is 10.2 Å². The molecule has 27 heavy (non-hydrogen) atoms. The predicted octanol–water partition coefficient (Wildman–Crippen LogP) is 2.41. The lowest BCUT2D eigenvalue weighted by atomic mass is 10.2. The normalized spacial score (nSPS) is 14.5. The number of nitrogens with one attached hydrogen (secondary N) is 1. The van der Waals surface area contributed by atoms with Crippen LogP contribution in [0.1, 0.15) is 16.8 Å². The second kappa shape index (κ2) is 9.37. The van der Waals surface area contributed by atoms with Gasteiger partial charge in [0.05, 0.1) is 11.3 Å². The van der Waals surface area contributed by atoms with E-state index in [1.165, 1.54) is 5.69 Å². The summed E-state index contributed by atoms with van der Waals surface area (Å²) in [6.07, 6.45) is 4.49. The van der Waals surface area contributed by atoms with Crippen molar-refractivity contribution in [3.8, 4) is 0 Å². The van der Waals surface area contributed by atoms with E-state index in [4.69, 9.17) is 0 Å². The molecule has 1 amide bonds. The second-order valence-corrected chi connectivity index (χ2v) is 7.16. The molecule has 0 aliphatic carbocycles. The first-order valence-corrected chi connectivity index (χ1v) is 9.56. The Bertz CT molecular complexity index is 726. The van der Waals surface area contributed by atoms with E-state index >= 15 is 0 Å². The number of nitrogens with zero attached hydrogens (tertiary/aromatic N) is 4. The molecule has 1 fully saturated rings. The summed E-state index contributed by atoms with van der Waals surface area (Å²) in [5, 5.41) is 3.36. The molecule has 1 saturated heterocycles. The zero-order valence-electron chi connectivity index (χ0n) is 16.3. The maximum absolute atomic E-state index is 12.8. The van der Waals surface area contributed by atoms with E-state index in [2.05, 4.69) is 58.5 Å². The smallest absolute Gasteiger partial charge is 0.255 e. The summed E-state index contributed by atoms with van der Waals surface area (Å²) >= 11 is 0. The predicted molar refractivity (Wildman–Crippen MR) is 110 cm³/mol. The monoisotopic (exact) mass is 367 g/mol. The average Bonchev–Trinajstić information content (AvgIpc) is 2.71. The highest BCUT2D eigenvalue weighted by atomic mass is 16.2. The first-order valence-electron chi connectivity index (χ1n) is 9.56. The van der Waals surface area contributed by atoms with Crippen LogP contribution in [0.3, 0.4) is 0 Å². The van der Waals surface area contributed by atoms with Gasteiger partial charge in [0.25, 0.3) is 5.91 Å². The molecular weight excluding hydrogens is 338 g/mol. The molecule has 2 aromatic rings. The quantitative estimate of drug-likeness (QED) is 0.762. The van der Waals surface area contributed by atoms with Crippen molar-refractivity contribution in [3.63, 3.8) is 0 Å². The topological polar surface area (TPSA) is 51.7 Å². The molecule has 1 N–H and O–H groups in total. The summed E-state index contributed by atoms with van der Waals surface area (Å²) in [5.74, 6) is 0.0622. The lowest BCUT2D eigenvalue weighted by Gasteiger charge is -2.36. The Hall–Kier alpha value is -2.60. The maximum atomic E-state index is 12.8. The Morgan fingerprint density at radius 1 is 1.11 bits per heavy atom. The molecule has 0 spiro atoms. The summed E-state index contributed by atoms with van der Waals surface area (Å²) in [6.45, 7) is 5.07. The van der Waals surface area contributed by atoms with Crippen LogP contribution in [0, 0.1) is 0 Å². The number of aromatic nitrogens is 1. The number of hydrogen-bond donors (Lipinski definition) is 1. The minimum absolute atomic E-state index is 0.0622. The van der Waals surface area contributed by atoms with E-state index < -0.39 is 0 Å². The number of rotatable bonds is 7. The van der Waals surface area contributed by atoms with Crippen LogP contribution in [0.15, 0.2) is 48.8 Å². The molecule has 0 bridgehead atoms. The fourth-order valence-corrected chi connectivity index (χ4v) is 3.27. The van der Waals surface area contributed by atoms with Crippen LogP contribution in [-0.2, 0) is 0 Å². The summed E-state index contributed by atoms with van der Waals surface area (Å²) in [4.78, 5) is 23.5. The zero-order valence-corrected chi connectivity index (χ0v) is 16.3. The van der Waals surface area contributed by atoms with E-state index in [1.807, 2.05) is 17.0 Å². The molecule has 1 aromatic heterocycles. The molecule has 3 rings (SSSR count). The molecule has 0 unspecified atom stereocenters. The Morgan fingerprint density at radius 2 is 1.85 bits per heavy atom. The van der Waals surface area contributed by atoms with Gasteiger partial charge in [0.1, 0.15) is 0 Å². The molecule has 1 aliphatic heterocycles. The molecule has 2 heterocycles. The maximum Gasteiger partial charge on any atom is 0.255 e. The van der Waals surface area contributed by atoms with E-state index in [0.29, 0.717) is 5.56 Å². The van der Waals surface area contributed by atoms with Gasteiger partial charge in [-0.3, -0.25) is 9.78 Å². The lowest BCUT2D eigenvalue weighted by Crippen LogP contribution is -2.48. The summed E-state index contributed by atoms with van der Waals surface area (Å²) in [6, 6.07) is 12.3. The summed E-state index contributed by atoms with van der Waals surface area (Å²) in [5.41, 5.74) is 2.78. The van der Waals surface area contributed by atoms with E-state index in [0.717, 1.165) is 51.4 Å². The SMILES string of the molecule is CN(C)CCCNc1cncc(C(=O)N2CCN(c3ccccc3)CC2)c1. The van der Waals surface area contributed by atoms with Gasteiger partial charge in [-0.25, -0.2) is 0 Å². The van der Waals surface area contributed by atoms with Gasteiger partial charge in [-0.05, 0) is 45.3 Å². The van der Waals surface area contributed by atoms with Gasteiger partial charge in [-0.2, -0.15) is 0 Å². The third kappa shape index (κ3) is 5.44. The number of hydrogen-bond acceptors (Lipinski definition) is 5. The van der Waals surface area contributed by atoms with Gasteiger partial charge in [-0.15, -0.1) is 0 Å². The van der Waals surface area contributed by atoms with Crippen molar-refractivity contribution in [2.75, 3.05) is 63.6 Å². The number of piperazine rings is 1. The molecule has 0 atom stereocenters. The van der Waals surface area contributed by atoms with Crippen molar-refractivity contribution in [1.82, 2.24) is 14.8 Å². The van der Waals surface area contributed by atoms with Gasteiger partial charge >= 0.3 is 0 Å². The highest BCUT2D eigenvalue weighted by Gasteiger charge is 2.22. The molecule has 6 heteroatoms. The minimum Gasteiger partial charge on any atom is -0.384 e. The minimum atomic E-state index is 0.0622. The number of anilines is 2. The first kappa shape index (κ1) is 19.2. The van der Waals surface area contributed by atoms with Crippen molar-refractivity contribution in [1.29, 1.82) is 0 Å². The number of benzene rings is 1. The third-order valence-electron chi connectivity index (χ3n) is 4.78. The van der Waals surface area contributed by atoms with Crippen LogP contribution in [-0.4, -0.2) is 74.1 Å². The van der Waals surface area contributed by atoms with Crippen LogP contribution in [0.4, 0.5) is 11.4 Å². The Balaban J connectivity index is 1.53. The Labute approximate surface area is 161 Å². The highest BCUT2D eigenvalue weighted by molar-refractivity contribution is 5.95. The van der Waals surface area contributed by atoms with Crippen molar-refractivity contribution in [3.05, 3.63) is 54.4 Å². The molecular formula is C21H29N5O. The standard InChI is InChI=1S/C21H29N5O/c1-24(2)10-6-9-23-19-15-18(16-22-17-19)21(27)26-13-11-25(12-14-26)20-7-4-3-5-8-20/h3-5,7-8,15-17,23H,6,9-14H2,1-2H3. The number of amides is 1. The van der Waals surface area contributed by atoms with E-state index in [1.54, 1.807) is 12.4 Å². The van der Waals surface area contributed by atoms with Crippen LogP contribution in [0.25, 0.3) is 0 Å². The van der Waals surface area contributed by atoms with Crippen molar-refractivity contribution < 1.29 is 4.79 Å². The molecule has 1 aromatic carbocycles. The molecule has 1 aliphatic rings. The third-order valence-corrected chi connectivity index (χ3v) is 4.78. The first-order chi connectivity index (χ1) is 13.1. The zero-order chi connectivity index (χ0) is 19.1. The van der Waals surface area contributed by atoms with Gasteiger partial charge in [0.2, 0.25) is 0 Å². The number of para-hydroxylation sites is 1. The van der Waals surface area contributed by atoms with Gasteiger partial charge in [-0.1, -0.05) is 18.2 Å². The molecule has 6 nitrogen and oxygen atoms in total. The largest absolute Gasteiger partial charge is 0.384 e. The van der Waals surface area contributed by atoms with Crippen LogP contribution >= 0.6 is 0 Å². The molecule has 144 valence electrons. The van der Waals surface area contributed by atoms with E-state index in [9.17, 15) is 4.79 Å². The molecule has 0 radical (unpaired) electrons. The number of carbonyl (C=O) groups excluding carboxylic acids is 1. The summed E-state index contributed by atoms with van der Waals surface area (Å²) in [7, 11) is 4.14. The summed E-state index contributed by atoms with van der Waals surface area (Å²) < 4.78 is 0. The van der Waals surface area contributed by atoms with Crippen molar-refractivity contribution in [2.24, 2.45) is 0 Å². The van der Waals surface area contributed by atoms with E-state index in [-0.39, 0.29) is 5.91 Å². The molecule has 0 saturated carbocycles.